The second-order valence-electron chi connectivity index (χ2n) is 4.42. The average Bonchev–Trinajstić information content (AvgIpc) is 2.20. The third-order valence-corrected chi connectivity index (χ3v) is 1.62. The number of carbonyl (C=O) groups excluding carboxylic acids is 2. The smallest absolute Gasteiger partial charge is 0.434 e. The van der Waals surface area contributed by atoms with Gasteiger partial charge in [-0.1, -0.05) is 0 Å². The van der Waals surface area contributed by atoms with Gasteiger partial charge in [0.15, 0.2) is 0 Å². The first kappa shape index (κ1) is 16.1. The van der Waals surface area contributed by atoms with Crippen LogP contribution in [0.5, 0.6) is 0 Å². The van der Waals surface area contributed by atoms with E-state index in [1.165, 1.54) is 0 Å². The van der Waals surface area contributed by atoms with Crippen LogP contribution in [0, 0.1) is 0 Å². The minimum atomic E-state index is -1.10. The highest BCUT2D eigenvalue weighted by atomic mass is 16.6. The first-order chi connectivity index (χ1) is 8.15. The lowest BCUT2D eigenvalue weighted by Crippen LogP contribution is -2.25. The summed E-state index contributed by atoms with van der Waals surface area (Å²) in [5.74, 6) is -1.95. The number of ether oxygens (including phenoxy) is 2. The van der Waals surface area contributed by atoms with E-state index in [4.69, 9.17) is 9.84 Å². The Kier molecular flexibility index (Phi) is 6.01. The van der Waals surface area contributed by atoms with Crippen molar-refractivity contribution in [3.63, 3.8) is 0 Å². The Morgan fingerprint density at radius 3 is 2.11 bits per heavy atom. The van der Waals surface area contributed by atoms with Crippen molar-refractivity contribution >= 4 is 23.7 Å². The van der Waals surface area contributed by atoms with Crippen molar-refractivity contribution < 1.29 is 29.0 Å². The Morgan fingerprint density at radius 2 is 1.72 bits per heavy atom. The number of methoxy groups -OCH3 is 1. The molecular weight excluding hydrogens is 242 g/mol. The van der Waals surface area contributed by atoms with Crippen LogP contribution in [0.15, 0.2) is 4.99 Å². The van der Waals surface area contributed by atoms with Crippen LogP contribution < -0.4 is 0 Å². The van der Waals surface area contributed by atoms with E-state index in [-0.39, 0.29) is 18.6 Å². The molecule has 0 aromatic carbocycles. The molecule has 0 fully saturated rings. The van der Waals surface area contributed by atoms with Crippen molar-refractivity contribution in [2.24, 2.45) is 4.99 Å². The third kappa shape index (κ3) is 7.37. The molecule has 1 amide bonds. The van der Waals surface area contributed by atoms with Gasteiger partial charge in [0.25, 0.3) is 0 Å². The van der Waals surface area contributed by atoms with Gasteiger partial charge >= 0.3 is 18.0 Å². The van der Waals surface area contributed by atoms with Gasteiger partial charge in [-0.25, -0.2) is 9.59 Å². The molecule has 7 heteroatoms. The van der Waals surface area contributed by atoms with Crippen molar-refractivity contribution in [2.75, 3.05) is 7.11 Å². The maximum Gasteiger partial charge on any atom is 0.434 e. The number of esters is 1. The van der Waals surface area contributed by atoms with Gasteiger partial charge in [0.05, 0.1) is 13.5 Å². The molecule has 0 aromatic heterocycles. The Bertz CT molecular complexity index is 366. The highest BCUT2D eigenvalue weighted by Crippen LogP contribution is 2.09. The van der Waals surface area contributed by atoms with Crippen LogP contribution in [0.1, 0.15) is 33.6 Å². The highest BCUT2D eigenvalue weighted by Gasteiger charge is 2.20. The van der Waals surface area contributed by atoms with E-state index in [9.17, 15) is 14.4 Å². The fraction of sp³-hybridized carbons (Fsp3) is 0.636. The lowest BCUT2D eigenvalue weighted by atomic mass is 10.2. The van der Waals surface area contributed by atoms with Gasteiger partial charge in [-0.2, -0.15) is 4.99 Å². The van der Waals surface area contributed by atoms with Crippen molar-refractivity contribution in [1.29, 1.82) is 0 Å². The zero-order chi connectivity index (χ0) is 14.3. The molecule has 0 aliphatic heterocycles. The molecule has 0 bridgehead atoms. The monoisotopic (exact) mass is 259 g/mol. The first-order valence-electron chi connectivity index (χ1n) is 5.26. The Morgan fingerprint density at radius 1 is 1.17 bits per heavy atom. The summed E-state index contributed by atoms with van der Waals surface area (Å²) in [5, 5.41) is 8.51. The summed E-state index contributed by atoms with van der Waals surface area (Å²) in [6.07, 6.45) is -1.47. The molecule has 7 nitrogen and oxygen atoms in total. The first-order valence-corrected chi connectivity index (χ1v) is 5.26. The summed E-state index contributed by atoms with van der Waals surface area (Å²) in [5.41, 5.74) is -1.01. The number of aliphatic imine (C=N–C) groups is 1. The SMILES string of the molecule is COC(=O)/C(CCC(=O)O)=N\C(=O)OC(C)(C)C. The topological polar surface area (TPSA) is 102 Å². The quantitative estimate of drug-likeness (QED) is 0.604. The van der Waals surface area contributed by atoms with E-state index in [0.717, 1.165) is 7.11 Å². The normalized spacial score (nSPS) is 11.9. The van der Waals surface area contributed by atoms with E-state index < -0.39 is 23.6 Å². The van der Waals surface area contributed by atoms with Crippen LogP contribution >= 0.6 is 0 Å². The van der Waals surface area contributed by atoms with Gasteiger partial charge < -0.3 is 14.6 Å². The van der Waals surface area contributed by atoms with Crippen LogP contribution in [0.4, 0.5) is 4.79 Å². The zero-order valence-electron chi connectivity index (χ0n) is 10.8. The minimum Gasteiger partial charge on any atom is -0.481 e. The standard InChI is InChI=1S/C11H17NO6/c1-11(2,3)18-10(16)12-7(9(15)17-4)5-6-8(13)14/h5-6H2,1-4H3,(H,13,14)/b12-7-. The molecule has 0 rings (SSSR count). The summed E-state index contributed by atoms with van der Waals surface area (Å²) < 4.78 is 9.29. The number of amides is 1. The molecule has 0 aromatic rings. The second-order valence-corrected chi connectivity index (χ2v) is 4.42. The molecule has 0 saturated heterocycles. The zero-order valence-corrected chi connectivity index (χ0v) is 10.8. The minimum absolute atomic E-state index is 0.193. The number of nitrogens with zero attached hydrogens (tertiary/aromatic N) is 1. The Labute approximate surface area is 105 Å². The van der Waals surface area contributed by atoms with Crippen molar-refractivity contribution in [3.8, 4) is 0 Å². The molecule has 0 aliphatic rings. The van der Waals surface area contributed by atoms with Gasteiger partial charge in [-0.3, -0.25) is 4.79 Å². The predicted molar refractivity (Wildman–Crippen MR) is 62.6 cm³/mol. The van der Waals surface area contributed by atoms with E-state index in [2.05, 4.69) is 9.73 Å². The number of aliphatic carboxylic acids is 1. The molecule has 0 aliphatic carbocycles. The molecule has 0 spiro atoms. The third-order valence-electron chi connectivity index (χ3n) is 1.62. The van der Waals surface area contributed by atoms with Crippen molar-refractivity contribution in [1.82, 2.24) is 0 Å². The Hall–Kier alpha value is -1.92. The lowest BCUT2D eigenvalue weighted by Gasteiger charge is -2.17. The molecule has 18 heavy (non-hydrogen) atoms. The molecule has 102 valence electrons. The number of carboxylic acid groups (broad SMARTS) is 1. The molecule has 1 N–H and O–H groups in total. The highest BCUT2D eigenvalue weighted by molar-refractivity contribution is 6.38. The number of hydrogen-bond acceptors (Lipinski definition) is 5. The summed E-state index contributed by atoms with van der Waals surface area (Å²) in [4.78, 5) is 36.5. The fourth-order valence-corrected chi connectivity index (χ4v) is 0.942. The van der Waals surface area contributed by atoms with Gasteiger partial charge in [-0.05, 0) is 20.8 Å². The summed E-state index contributed by atoms with van der Waals surface area (Å²) in [6.45, 7) is 4.94. The van der Waals surface area contributed by atoms with Crippen LogP contribution in [-0.2, 0) is 19.1 Å². The summed E-state index contributed by atoms with van der Waals surface area (Å²) >= 11 is 0. The average molecular weight is 259 g/mol. The molecule has 0 heterocycles. The van der Waals surface area contributed by atoms with Crippen molar-refractivity contribution in [3.05, 3.63) is 0 Å². The van der Waals surface area contributed by atoms with E-state index in [1.807, 2.05) is 0 Å². The van der Waals surface area contributed by atoms with E-state index in [1.54, 1.807) is 20.8 Å². The van der Waals surface area contributed by atoms with Gasteiger partial charge in [0.1, 0.15) is 11.3 Å². The van der Waals surface area contributed by atoms with Gasteiger partial charge in [0.2, 0.25) is 0 Å². The van der Waals surface area contributed by atoms with Gasteiger partial charge in [0, 0.05) is 6.42 Å². The van der Waals surface area contributed by atoms with Crippen LogP contribution in [0.2, 0.25) is 0 Å². The summed E-state index contributed by atoms with van der Waals surface area (Å²) in [6, 6.07) is 0. The Balaban J connectivity index is 4.79. The lowest BCUT2D eigenvalue weighted by molar-refractivity contribution is -0.136. The van der Waals surface area contributed by atoms with Crippen LogP contribution in [0.3, 0.4) is 0 Å². The number of carboxylic acids is 1. The van der Waals surface area contributed by atoms with Crippen LogP contribution in [-0.4, -0.2) is 41.6 Å². The molecular formula is C11H17NO6. The van der Waals surface area contributed by atoms with Crippen LogP contribution in [0.25, 0.3) is 0 Å². The van der Waals surface area contributed by atoms with E-state index >= 15 is 0 Å². The number of carbonyl (C=O) groups is 3. The van der Waals surface area contributed by atoms with Crippen molar-refractivity contribution in [2.45, 2.75) is 39.2 Å². The van der Waals surface area contributed by atoms with Gasteiger partial charge in [-0.15, -0.1) is 0 Å². The maximum atomic E-state index is 11.4. The largest absolute Gasteiger partial charge is 0.481 e. The molecule has 0 radical (unpaired) electrons. The molecule has 0 saturated carbocycles. The molecule has 0 unspecified atom stereocenters. The number of rotatable bonds is 4. The molecule has 0 atom stereocenters. The predicted octanol–water partition coefficient (Wildman–Crippen LogP) is 1.40. The van der Waals surface area contributed by atoms with E-state index in [0.29, 0.717) is 0 Å². The second kappa shape index (κ2) is 6.73. The maximum absolute atomic E-state index is 11.4. The fourth-order valence-electron chi connectivity index (χ4n) is 0.942. The summed E-state index contributed by atoms with van der Waals surface area (Å²) in [7, 11) is 1.12. The number of hydrogen-bond donors (Lipinski definition) is 1.